The zero-order chi connectivity index (χ0) is 4.12. The van der Waals surface area contributed by atoms with Gasteiger partial charge in [0.2, 0.25) is 0 Å². The van der Waals surface area contributed by atoms with Gasteiger partial charge in [-0.3, -0.25) is 9.59 Å². The Hall–Kier alpha value is -0.860. The zero-order valence-electron chi connectivity index (χ0n) is 2.38. The third-order valence-corrected chi connectivity index (χ3v) is 0.111. The van der Waals surface area contributed by atoms with Crippen molar-refractivity contribution in [3.63, 3.8) is 0 Å². The second kappa shape index (κ2) is 19.2. The molecule has 0 aromatic carbocycles. The van der Waals surface area contributed by atoms with Crippen molar-refractivity contribution < 1.29 is 14.3 Å². The van der Waals surface area contributed by atoms with Gasteiger partial charge in [-0.05, 0) is 0 Å². The Balaban J connectivity index is -0.0000000800. The highest BCUT2D eigenvalue weighted by Crippen LogP contribution is 1.40. The first-order valence-electron chi connectivity index (χ1n) is 0.943. The fraction of sp³-hybridized carbons (Fsp3) is 0.500. The Labute approximate surface area is 43.3 Å². The normalized spacial score (nSPS) is 4.00. The van der Waals surface area contributed by atoms with E-state index in [-0.39, 0.29) is 27.8 Å². The summed E-state index contributed by atoms with van der Waals surface area (Å²) in [5, 5.41) is 0. The Kier molecular flexibility index (Phi) is 45.2. The van der Waals surface area contributed by atoms with Crippen molar-refractivity contribution in [1.29, 1.82) is 0 Å². The third kappa shape index (κ3) is 39.0. The van der Waals surface area contributed by atoms with Gasteiger partial charge in [-0.15, -0.1) is 0 Å². The SMILES string of the molecule is C.C.O=COC=O. The van der Waals surface area contributed by atoms with Gasteiger partial charge in [-0.25, -0.2) is 0 Å². The van der Waals surface area contributed by atoms with Gasteiger partial charge in [0.1, 0.15) is 0 Å². The van der Waals surface area contributed by atoms with E-state index in [1.54, 1.807) is 0 Å². The van der Waals surface area contributed by atoms with Gasteiger partial charge in [0.15, 0.2) is 0 Å². The summed E-state index contributed by atoms with van der Waals surface area (Å²) in [4.78, 5) is 17.9. The van der Waals surface area contributed by atoms with Gasteiger partial charge < -0.3 is 4.74 Å². The molecule has 0 bridgehead atoms. The fourth-order valence-electron chi connectivity index (χ4n) is 0.0227. The molecule has 44 valence electrons. The van der Waals surface area contributed by atoms with Crippen LogP contribution in [0, 0.1) is 0 Å². The number of hydrogen-bond donors (Lipinski definition) is 0. The zero-order valence-corrected chi connectivity index (χ0v) is 2.38. The van der Waals surface area contributed by atoms with Crippen LogP contribution in [0.2, 0.25) is 0 Å². The summed E-state index contributed by atoms with van der Waals surface area (Å²) >= 11 is 0. The predicted octanol–water partition coefficient (Wildman–Crippen LogP) is 0.588. The number of hydrogen-bond acceptors (Lipinski definition) is 3. The minimum atomic E-state index is 0. The van der Waals surface area contributed by atoms with Crippen LogP contribution in [-0.4, -0.2) is 12.9 Å². The summed E-state index contributed by atoms with van der Waals surface area (Å²) in [6.45, 7) is 0.125. The number of rotatable bonds is 2. The molecule has 0 saturated carbocycles. The van der Waals surface area contributed by atoms with E-state index in [0.29, 0.717) is 0 Å². The quantitative estimate of drug-likeness (QED) is 0.382. The van der Waals surface area contributed by atoms with Crippen molar-refractivity contribution in [3.8, 4) is 0 Å². The van der Waals surface area contributed by atoms with Crippen LogP contribution in [0.3, 0.4) is 0 Å². The van der Waals surface area contributed by atoms with E-state index in [9.17, 15) is 0 Å². The molecule has 0 aliphatic carbocycles. The minimum Gasteiger partial charge on any atom is -0.398 e. The van der Waals surface area contributed by atoms with E-state index < -0.39 is 0 Å². The summed E-state index contributed by atoms with van der Waals surface area (Å²) < 4.78 is 3.47. The molecule has 0 heterocycles. The number of carbonyl (C=O) groups is 2. The average Bonchev–Trinajstić information content (AvgIpc) is 1.41. The number of ether oxygens (including phenoxy) is 1. The standard InChI is InChI=1S/C2H2O3.2CH4/c3-1-5-2-4;;/h1-2H;2*1H4. The maximum Gasteiger partial charge on any atom is 0.300 e. The van der Waals surface area contributed by atoms with Gasteiger partial charge in [0.05, 0.1) is 0 Å². The van der Waals surface area contributed by atoms with Crippen LogP contribution in [0.5, 0.6) is 0 Å². The molecule has 0 N–H and O–H groups in total. The molecule has 0 aliphatic rings. The van der Waals surface area contributed by atoms with Crippen molar-refractivity contribution in [2.45, 2.75) is 14.9 Å². The largest absolute Gasteiger partial charge is 0.398 e. The highest BCUT2D eigenvalue weighted by atomic mass is 16.6. The fourth-order valence-corrected chi connectivity index (χ4v) is 0.0227. The lowest BCUT2D eigenvalue weighted by atomic mass is 11.5. The summed E-state index contributed by atoms with van der Waals surface area (Å²) in [6, 6.07) is 0. The van der Waals surface area contributed by atoms with Gasteiger partial charge in [0.25, 0.3) is 0 Å². The second-order valence-corrected chi connectivity index (χ2v) is 0.329. The van der Waals surface area contributed by atoms with Gasteiger partial charge >= 0.3 is 12.9 Å². The maximum atomic E-state index is 8.95. The first-order chi connectivity index (χ1) is 2.41. The lowest BCUT2D eigenvalue weighted by Gasteiger charge is -1.65. The first-order valence-corrected chi connectivity index (χ1v) is 0.943. The van der Waals surface area contributed by atoms with Crippen LogP contribution < -0.4 is 0 Å². The van der Waals surface area contributed by atoms with Crippen LogP contribution in [0.15, 0.2) is 0 Å². The summed E-state index contributed by atoms with van der Waals surface area (Å²) in [7, 11) is 0. The third-order valence-electron chi connectivity index (χ3n) is 0.111. The van der Waals surface area contributed by atoms with Gasteiger partial charge in [-0.1, -0.05) is 14.9 Å². The highest BCUT2D eigenvalue weighted by Gasteiger charge is 1.58. The molecular formula is C4H10O3. The molecule has 0 unspecified atom stereocenters. The van der Waals surface area contributed by atoms with E-state index >= 15 is 0 Å². The maximum absolute atomic E-state index is 8.95. The van der Waals surface area contributed by atoms with E-state index in [1.165, 1.54) is 0 Å². The molecular weight excluding hydrogens is 96.0 g/mol. The Morgan fingerprint density at radius 1 is 1.00 bits per heavy atom. The topological polar surface area (TPSA) is 43.4 Å². The molecule has 0 atom stereocenters. The van der Waals surface area contributed by atoms with Crippen LogP contribution >= 0.6 is 0 Å². The van der Waals surface area contributed by atoms with Crippen LogP contribution in [0.4, 0.5) is 0 Å². The average molecular weight is 106 g/mol. The second-order valence-electron chi connectivity index (χ2n) is 0.329. The molecule has 3 heteroatoms. The van der Waals surface area contributed by atoms with Crippen molar-refractivity contribution in [3.05, 3.63) is 0 Å². The lowest BCUT2D eigenvalue weighted by molar-refractivity contribution is -0.141. The Morgan fingerprint density at radius 3 is 1.29 bits per heavy atom. The van der Waals surface area contributed by atoms with E-state index in [1.807, 2.05) is 0 Å². The van der Waals surface area contributed by atoms with Crippen molar-refractivity contribution in [1.82, 2.24) is 0 Å². The van der Waals surface area contributed by atoms with E-state index in [4.69, 9.17) is 9.59 Å². The number of carbonyl (C=O) groups excluding carboxylic acids is 2. The van der Waals surface area contributed by atoms with Crippen LogP contribution in [-0.2, 0) is 14.3 Å². The molecule has 0 aliphatic heterocycles. The molecule has 0 aromatic rings. The predicted molar refractivity (Wildman–Crippen MR) is 26.7 cm³/mol. The molecule has 0 aromatic heterocycles. The van der Waals surface area contributed by atoms with E-state index in [0.717, 1.165) is 0 Å². The first kappa shape index (κ1) is 16.5. The summed E-state index contributed by atoms with van der Waals surface area (Å²) in [5.41, 5.74) is 0. The van der Waals surface area contributed by atoms with Gasteiger partial charge in [0, 0.05) is 0 Å². The molecule has 0 amide bonds. The molecule has 0 saturated heterocycles. The molecule has 0 rings (SSSR count). The van der Waals surface area contributed by atoms with Crippen molar-refractivity contribution >= 4 is 12.9 Å². The van der Waals surface area contributed by atoms with Crippen molar-refractivity contribution in [2.75, 3.05) is 0 Å². The molecule has 7 heavy (non-hydrogen) atoms. The lowest BCUT2D eigenvalue weighted by Crippen LogP contribution is -1.77. The Morgan fingerprint density at radius 2 is 1.29 bits per heavy atom. The summed E-state index contributed by atoms with van der Waals surface area (Å²) in [6.07, 6.45) is 0. The van der Waals surface area contributed by atoms with Gasteiger partial charge in [-0.2, -0.15) is 0 Å². The minimum absolute atomic E-state index is 0. The molecule has 0 fully saturated rings. The molecule has 3 nitrogen and oxygen atoms in total. The Bertz CT molecular complexity index is 36.2. The summed E-state index contributed by atoms with van der Waals surface area (Å²) in [5.74, 6) is 0. The highest BCUT2D eigenvalue weighted by molar-refractivity contribution is 5.55. The smallest absolute Gasteiger partial charge is 0.300 e. The molecule has 0 spiro atoms. The van der Waals surface area contributed by atoms with E-state index in [2.05, 4.69) is 4.74 Å². The molecule has 0 radical (unpaired) electrons. The van der Waals surface area contributed by atoms with Crippen molar-refractivity contribution in [2.24, 2.45) is 0 Å². The monoisotopic (exact) mass is 106 g/mol. The van der Waals surface area contributed by atoms with Crippen LogP contribution in [0.1, 0.15) is 14.9 Å². The van der Waals surface area contributed by atoms with Crippen LogP contribution in [0.25, 0.3) is 0 Å².